The van der Waals surface area contributed by atoms with E-state index in [1.54, 1.807) is 4.57 Å². The van der Waals surface area contributed by atoms with E-state index in [1.807, 2.05) is 0 Å². The molecular formula is C23H24F3N7O3. The maximum absolute atomic E-state index is 14.5. The van der Waals surface area contributed by atoms with Crippen LogP contribution in [0, 0.1) is 18.7 Å². The van der Waals surface area contributed by atoms with Gasteiger partial charge in [-0.15, -0.1) is 0 Å². The lowest BCUT2D eigenvalue weighted by Gasteiger charge is -2.17. The number of amides is 2. The molecule has 13 heteroatoms. The zero-order valence-electron chi connectivity index (χ0n) is 19.2. The number of hydrogen-bond donors (Lipinski definition) is 5. The van der Waals surface area contributed by atoms with Crippen molar-refractivity contribution in [3.63, 3.8) is 0 Å². The summed E-state index contributed by atoms with van der Waals surface area (Å²) in [6.07, 6.45) is 1.55. The van der Waals surface area contributed by atoms with Gasteiger partial charge in [-0.2, -0.15) is 0 Å². The van der Waals surface area contributed by atoms with Gasteiger partial charge >= 0.3 is 0 Å². The molecule has 2 fully saturated rings. The van der Waals surface area contributed by atoms with Crippen LogP contribution < -0.4 is 27.6 Å². The van der Waals surface area contributed by atoms with Crippen molar-refractivity contribution in [3.8, 4) is 0 Å². The van der Waals surface area contributed by atoms with Crippen LogP contribution in [0.3, 0.4) is 0 Å². The van der Waals surface area contributed by atoms with Crippen LogP contribution in [-0.2, 0) is 11.2 Å². The van der Waals surface area contributed by atoms with Crippen LogP contribution in [0.5, 0.6) is 0 Å². The standard InChI is InChI=1S/C23H24F3N7O3/c1-9-15(19(34)22(36)32-23(3-4-23)14(27)8-30-28)13-7-10-6-12(10)33(13)18(9)21(35)31-11-2-5-29-17(16(11)24)20(25)26/h2,5,8,10,12,20,30H,3-4,6-7,27-28H2,1H3,(H,32,36)(H,29,31,35)/b14-8-. The fraction of sp³-hybridized carbons (Fsp3) is 0.391. The lowest BCUT2D eigenvalue weighted by molar-refractivity contribution is -0.117. The van der Waals surface area contributed by atoms with E-state index in [2.05, 4.69) is 21.0 Å². The summed E-state index contributed by atoms with van der Waals surface area (Å²) >= 11 is 0. The van der Waals surface area contributed by atoms with Gasteiger partial charge in [0.1, 0.15) is 11.4 Å². The maximum Gasteiger partial charge on any atom is 0.293 e. The molecule has 0 saturated heterocycles. The summed E-state index contributed by atoms with van der Waals surface area (Å²) in [7, 11) is 0. The van der Waals surface area contributed by atoms with Crippen LogP contribution in [0.4, 0.5) is 18.9 Å². The molecule has 190 valence electrons. The number of fused-ring (bicyclic) bond motifs is 3. The topological polar surface area (TPSA) is 157 Å². The number of carbonyl (C=O) groups is 3. The van der Waals surface area contributed by atoms with Crippen molar-refractivity contribution in [1.82, 2.24) is 20.3 Å². The van der Waals surface area contributed by atoms with Crippen LogP contribution in [0.15, 0.2) is 24.2 Å². The Labute approximate surface area is 203 Å². The molecule has 2 aliphatic carbocycles. The van der Waals surface area contributed by atoms with Crippen molar-refractivity contribution in [2.75, 3.05) is 5.32 Å². The smallest absolute Gasteiger partial charge is 0.293 e. The van der Waals surface area contributed by atoms with E-state index in [-0.39, 0.29) is 34.5 Å². The second kappa shape index (κ2) is 8.36. The highest BCUT2D eigenvalue weighted by Crippen LogP contribution is 2.54. The molecule has 7 N–H and O–H groups in total. The fourth-order valence-corrected chi connectivity index (χ4v) is 5.05. The molecule has 0 aromatic carbocycles. The van der Waals surface area contributed by atoms with E-state index in [4.69, 9.17) is 11.6 Å². The Morgan fingerprint density at radius 3 is 2.67 bits per heavy atom. The van der Waals surface area contributed by atoms with Gasteiger partial charge in [-0.1, -0.05) is 0 Å². The molecule has 3 aliphatic rings. The number of nitrogens with one attached hydrogen (secondary N) is 3. The lowest BCUT2D eigenvalue weighted by atomic mass is 10.0. The Bertz CT molecular complexity index is 1330. The minimum atomic E-state index is -3.16. The zero-order valence-corrected chi connectivity index (χ0v) is 19.2. The van der Waals surface area contributed by atoms with Gasteiger partial charge in [0.15, 0.2) is 5.82 Å². The van der Waals surface area contributed by atoms with E-state index in [1.165, 1.54) is 13.1 Å². The Hall–Kier alpha value is -3.87. The normalized spacial score (nSPS) is 21.0. The molecular weight excluding hydrogens is 479 g/mol. The molecule has 36 heavy (non-hydrogen) atoms. The Kier molecular flexibility index (Phi) is 5.54. The third-order valence-electron chi connectivity index (χ3n) is 7.14. The van der Waals surface area contributed by atoms with Crippen molar-refractivity contribution in [1.29, 1.82) is 0 Å². The number of ketones is 1. The highest BCUT2D eigenvalue weighted by atomic mass is 19.3. The van der Waals surface area contributed by atoms with E-state index in [0.29, 0.717) is 25.0 Å². The number of aromatic nitrogens is 2. The minimum absolute atomic E-state index is 0.0213. The molecule has 0 bridgehead atoms. The first-order chi connectivity index (χ1) is 17.1. The molecule has 2 unspecified atom stereocenters. The number of nitrogens with zero attached hydrogens (tertiary/aromatic N) is 2. The molecule has 2 amide bonds. The summed E-state index contributed by atoms with van der Waals surface area (Å²) in [5.74, 6) is 1.70. The van der Waals surface area contributed by atoms with Crippen LogP contribution in [-0.4, -0.2) is 32.7 Å². The van der Waals surface area contributed by atoms with E-state index >= 15 is 0 Å². The highest BCUT2D eigenvalue weighted by molar-refractivity contribution is 6.44. The first-order valence-electron chi connectivity index (χ1n) is 11.4. The van der Waals surface area contributed by atoms with Crippen LogP contribution in [0.1, 0.15) is 69.5 Å². The van der Waals surface area contributed by atoms with Crippen LogP contribution in [0.2, 0.25) is 0 Å². The number of alkyl halides is 2. The predicted octanol–water partition coefficient (Wildman–Crippen LogP) is 1.73. The molecule has 10 nitrogen and oxygen atoms in total. The average Bonchev–Trinajstić information content (AvgIpc) is 3.72. The van der Waals surface area contributed by atoms with Gasteiger partial charge in [-0.3, -0.25) is 25.2 Å². The molecule has 2 aromatic rings. The summed E-state index contributed by atoms with van der Waals surface area (Å²) in [6.45, 7) is 1.53. The Morgan fingerprint density at radius 1 is 1.31 bits per heavy atom. The predicted molar refractivity (Wildman–Crippen MR) is 121 cm³/mol. The highest BCUT2D eigenvalue weighted by Gasteiger charge is 2.52. The molecule has 5 rings (SSSR count). The summed E-state index contributed by atoms with van der Waals surface area (Å²) in [6, 6.07) is 1.05. The maximum atomic E-state index is 14.5. The fourth-order valence-electron chi connectivity index (χ4n) is 5.05. The third-order valence-corrected chi connectivity index (χ3v) is 7.14. The molecule has 2 aromatic heterocycles. The van der Waals surface area contributed by atoms with Gasteiger partial charge in [0.25, 0.3) is 24.0 Å². The van der Waals surface area contributed by atoms with Crippen LogP contribution in [0.25, 0.3) is 0 Å². The zero-order chi connectivity index (χ0) is 25.9. The lowest BCUT2D eigenvalue weighted by Crippen LogP contribution is -2.45. The number of anilines is 1. The van der Waals surface area contributed by atoms with E-state index in [9.17, 15) is 27.6 Å². The quantitative estimate of drug-likeness (QED) is 0.159. The van der Waals surface area contributed by atoms with Gasteiger partial charge < -0.3 is 26.4 Å². The monoisotopic (exact) mass is 503 g/mol. The SMILES string of the molecule is Cc1c(C(=O)C(=O)NC2(/C(N)=C/NN)CC2)c2n(c1C(=O)Nc1ccnc(C(F)F)c1F)C1CC1C2. The largest absolute Gasteiger partial charge is 0.399 e. The number of carbonyl (C=O) groups excluding carboxylic acids is 3. The van der Waals surface area contributed by atoms with Gasteiger partial charge in [0.05, 0.1) is 22.5 Å². The molecule has 0 spiro atoms. The van der Waals surface area contributed by atoms with Crippen molar-refractivity contribution in [2.24, 2.45) is 17.5 Å². The Morgan fingerprint density at radius 2 is 2.03 bits per heavy atom. The average molecular weight is 503 g/mol. The van der Waals surface area contributed by atoms with Crippen LogP contribution >= 0.6 is 0 Å². The summed E-state index contributed by atoms with van der Waals surface area (Å²) in [5.41, 5.74) is 7.18. The number of halogens is 3. The third kappa shape index (κ3) is 3.70. The number of pyridine rings is 1. The van der Waals surface area contributed by atoms with Crippen molar-refractivity contribution in [2.45, 2.75) is 50.6 Å². The molecule has 2 saturated carbocycles. The second-order valence-corrected chi connectivity index (χ2v) is 9.38. The summed E-state index contributed by atoms with van der Waals surface area (Å²) in [4.78, 5) is 42.8. The van der Waals surface area contributed by atoms with Crippen molar-refractivity contribution in [3.05, 3.63) is 58.2 Å². The summed E-state index contributed by atoms with van der Waals surface area (Å²) in [5, 5.41) is 5.01. The van der Waals surface area contributed by atoms with Crippen molar-refractivity contribution >= 4 is 23.3 Å². The number of hydrazine groups is 1. The number of Topliss-reactive ketones (excluding diaryl/α,β-unsaturated/α-hetero) is 1. The summed E-state index contributed by atoms with van der Waals surface area (Å²) < 4.78 is 42.3. The molecule has 2 atom stereocenters. The van der Waals surface area contributed by atoms with Gasteiger partial charge in [0.2, 0.25) is 0 Å². The minimum Gasteiger partial charge on any atom is -0.399 e. The first-order valence-corrected chi connectivity index (χ1v) is 11.4. The molecule has 3 heterocycles. The van der Waals surface area contributed by atoms with Gasteiger partial charge in [-0.25, -0.2) is 13.2 Å². The van der Waals surface area contributed by atoms with Gasteiger partial charge in [-0.05, 0) is 50.2 Å². The number of hydrogen-bond acceptors (Lipinski definition) is 7. The Balaban J connectivity index is 1.46. The van der Waals surface area contributed by atoms with E-state index < -0.39 is 46.8 Å². The second-order valence-electron chi connectivity index (χ2n) is 9.38. The number of nitrogens with two attached hydrogens (primary N) is 2. The van der Waals surface area contributed by atoms with Crippen molar-refractivity contribution < 1.29 is 27.6 Å². The molecule has 0 radical (unpaired) electrons. The van der Waals surface area contributed by atoms with E-state index in [0.717, 1.165) is 18.7 Å². The van der Waals surface area contributed by atoms with Gasteiger partial charge in [0, 0.05) is 24.1 Å². The number of rotatable bonds is 8. The molecule has 1 aliphatic heterocycles. The first kappa shape index (κ1) is 23.9.